The van der Waals surface area contributed by atoms with Gasteiger partial charge in [0.1, 0.15) is 6.23 Å². The van der Waals surface area contributed by atoms with Gasteiger partial charge in [0.15, 0.2) is 9.84 Å². The van der Waals surface area contributed by atoms with Gasteiger partial charge in [-0.05, 0) is 48.7 Å². The maximum absolute atomic E-state index is 12.7. The first-order valence-corrected chi connectivity index (χ1v) is 15.5. The van der Waals surface area contributed by atoms with Gasteiger partial charge in [-0.2, -0.15) is 0 Å². The molecule has 0 heterocycles. The zero-order chi connectivity index (χ0) is 26.2. The maximum Gasteiger partial charge on any atom is 0.178 e. The maximum atomic E-state index is 12.7. The second-order valence-electron chi connectivity index (χ2n) is 9.94. The van der Waals surface area contributed by atoms with Crippen molar-refractivity contribution in [1.29, 1.82) is 0 Å². The van der Waals surface area contributed by atoms with E-state index in [0.29, 0.717) is 4.90 Å². The molecular weight excluding hydrogens is 466 g/mol. The molecule has 0 aliphatic carbocycles. The number of benzene rings is 2. The summed E-state index contributed by atoms with van der Waals surface area (Å²) in [6, 6.07) is 15.1. The Bertz CT molecular complexity index is 979. The molecule has 200 valence electrons. The molecule has 0 fully saturated rings. The summed E-state index contributed by atoms with van der Waals surface area (Å²) in [5, 5.41) is 9.68. The highest BCUT2D eigenvalue weighted by Gasteiger charge is 2.13. The molecular formula is C31H47NO3S. The quantitative estimate of drug-likeness (QED) is 0.124. The van der Waals surface area contributed by atoms with Crippen LogP contribution in [-0.4, -0.2) is 32.6 Å². The fourth-order valence-corrected chi connectivity index (χ4v) is 5.64. The molecule has 0 aliphatic heterocycles. The predicted octanol–water partition coefficient (Wildman–Crippen LogP) is 8.11. The lowest BCUT2D eigenvalue weighted by Gasteiger charge is -2.22. The lowest BCUT2D eigenvalue weighted by atomic mass is 10.1. The molecule has 0 radical (unpaired) electrons. The summed E-state index contributed by atoms with van der Waals surface area (Å²) in [5.74, 6) is 0.229. The van der Waals surface area contributed by atoms with Crippen LogP contribution < -0.4 is 4.90 Å². The van der Waals surface area contributed by atoms with E-state index in [-0.39, 0.29) is 5.75 Å². The average molecular weight is 514 g/mol. The van der Waals surface area contributed by atoms with Crippen molar-refractivity contribution in [2.45, 2.75) is 102 Å². The molecule has 5 heteroatoms. The Morgan fingerprint density at radius 1 is 0.722 bits per heavy atom. The van der Waals surface area contributed by atoms with E-state index in [1.54, 1.807) is 24.0 Å². The molecule has 2 aromatic carbocycles. The Morgan fingerprint density at radius 3 is 1.58 bits per heavy atom. The van der Waals surface area contributed by atoms with E-state index >= 15 is 0 Å². The molecule has 1 N–H and O–H groups in total. The fraction of sp³-hybridized carbons (Fsp3) is 0.548. The molecule has 0 aromatic heterocycles. The normalized spacial score (nSPS) is 12.8. The van der Waals surface area contributed by atoms with Crippen LogP contribution in [0.25, 0.3) is 12.2 Å². The van der Waals surface area contributed by atoms with Crippen molar-refractivity contribution in [3.8, 4) is 0 Å². The molecule has 2 rings (SSSR count). The summed E-state index contributed by atoms with van der Waals surface area (Å²) in [6.45, 7) is 3.99. The third-order valence-electron chi connectivity index (χ3n) is 6.83. The van der Waals surface area contributed by atoms with Crippen LogP contribution in [0.5, 0.6) is 0 Å². The number of sulfone groups is 1. The van der Waals surface area contributed by atoms with E-state index in [9.17, 15) is 13.5 Å². The van der Waals surface area contributed by atoms with Crippen LogP contribution in [0, 0.1) is 0 Å². The smallest absolute Gasteiger partial charge is 0.178 e. The minimum atomic E-state index is -3.23. The van der Waals surface area contributed by atoms with Gasteiger partial charge in [0, 0.05) is 12.7 Å². The summed E-state index contributed by atoms with van der Waals surface area (Å²) in [6.07, 6.45) is 18.2. The van der Waals surface area contributed by atoms with Gasteiger partial charge in [0.2, 0.25) is 0 Å². The number of hydrogen-bond donors (Lipinski definition) is 1. The highest BCUT2D eigenvalue weighted by Crippen LogP contribution is 2.19. The number of anilines is 1. The molecule has 0 amide bonds. The molecule has 0 saturated heterocycles. The highest BCUT2D eigenvalue weighted by atomic mass is 32.2. The Hall–Kier alpha value is -2.11. The molecule has 0 aliphatic rings. The number of unbranched alkanes of at least 4 members (excludes halogenated alkanes) is 11. The summed E-state index contributed by atoms with van der Waals surface area (Å²) < 4.78 is 25.4. The largest absolute Gasteiger partial charge is 0.374 e. The summed E-state index contributed by atoms with van der Waals surface area (Å²) in [7, 11) is -1.38. The van der Waals surface area contributed by atoms with E-state index in [1.807, 2.05) is 55.6 Å². The van der Waals surface area contributed by atoms with E-state index in [2.05, 4.69) is 6.92 Å². The van der Waals surface area contributed by atoms with Crippen molar-refractivity contribution in [3.63, 3.8) is 0 Å². The number of nitrogens with zero attached hydrogens (tertiary/aromatic N) is 1. The van der Waals surface area contributed by atoms with Crippen molar-refractivity contribution in [2.24, 2.45) is 0 Å². The van der Waals surface area contributed by atoms with E-state index in [1.165, 1.54) is 57.8 Å². The average Bonchev–Trinajstić information content (AvgIpc) is 2.88. The Morgan fingerprint density at radius 2 is 1.14 bits per heavy atom. The number of rotatable bonds is 18. The van der Waals surface area contributed by atoms with Crippen LogP contribution in [-0.2, 0) is 9.84 Å². The van der Waals surface area contributed by atoms with Gasteiger partial charge in [0.05, 0.1) is 10.6 Å². The van der Waals surface area contributed by atoms with Crippen molar-refractivity contribution >= 4 is 27.7 Å². The fourth-order valence-electron chi connectivity index (χ4n) is 4.27. The molecule has 0 saturated carbocycles. The molecule has 36 heavy (non-hydrogen) atoms. The first kappa shape index (κ1) is 30.1. The zero-order valence-electron chi connectivity index (χ0n) is 22.7. The Kier molecular flexibility index (Phi) is 13.9. The van der Waals surface area contributed by atoms with Crippen LogP contribution in [0.4, 0.5) is 5.69 Å². The topological polar surface area (TPSA) is 57.6 Å². The first-order chi connectivity index (χ1) is 17.3. The molecule has 0 spiro atoms. The van der Waals surface area contributed by atoms with E-state index < -0.39 is 16.1 Å². The Labute approximate surface area is 220 Å². The minimum Gasteiger partial charge on any atom is -0.374 e. The zero-order valence-corrected chi connectivity index (χ0v) is 23.5. The third kappa shape index (κ3) is 11.3. The molecule has 4 nitrogen and oxygen atoms in total. The van der Waals surface area contributed by atoms with Gasteiger partial charge in [0.25, 0.3) is 0 Å². The highest BCUT2D eigenvalue weighted by molar-refractivity contribution is 7.91. The van der Waals surface area contributed by atoms with Gasteiger partial charge in [-0.1, -0.05) is 114 Å². The Balaban J connectivity index is 1.69. The SMILES string of the molecule is CCCCCCCCCCCCCCS(=O)(=O)c1ccc(C=Cc2ccc(N(C)C(C)O)cc2)cc1. The number of aliphatic hydroxyl groups is 1. The van der Waals surface area contributed by atoms with Gasteiger partial charge in [-0.25, -0.2) is 8.42 Å². The van der Waals surface area contributed by atoms with E-state index in [4.69, 9.17) is 0 Å². The molecule has 1 unspecified atom stereocenters. The predicted molar refractivity (Wildman–Crippen MR) is 155 cm³/mol. The minimum absolute atomic E-state index is 0.229. The second-order valence-corrected chi connectivity index (χ2v) is 12.1. The van der Waals surface area contributed by atoms with Crippen LogP contribution in [0.2, 0.25) is 0 Å². The first-order valence-electron chi connectivity index (χ1n) is 13.9. The number of hydrogen-bond acceptors (Lipinski definition) is 4. The summed E-state index contributed by atoms with van der Waals surface area (Å²) in [5.41, 5.74) is 2.95. The lowest BCUT2D eigenvalue weighted by Crippen LogP contribution is -2.27. The molecule has 0 bridgehead atoms. The monoisotopic (exact) mass is 513 g/mol. The summed E-state index contributed by atoms with van der Waals surface area (Å²) in [4.78, 5) is 2.21. The van der Waals surface area contributed by atoms with Crippen LogP contribution in [0.15, 0.2) is 53.4 Å². The van der Waals surface area contributed by atoms with Gasteiger partial charge in [-0.3, -0.25) is 0 Å². The molecule has 1 atom stereocenters. The van der Waals surface area contributed by atoms with Gasteiger partial charge < -0.3 is 10.0 Å². The second kappa shape index (κ2) is 16.6. The van der Waals surface area contributed by atoms with Crippen molar-refractivity contribution in [3.05, 3.63) is 59.7 Å². The van der Waals surface area contributed by atoms with Crippen LogP contribution >= 0.6 is 0 Å². The van der Waals surface area contributed by atoms with Crippen molar-refractivity contribution in [1.82, 2.24) is 0 Å². The standard InChI is InChI=1S/C31H47NO3S/c1-4-5-6-7-8-9-10-11-12-13-14-15-26-36(34,35)31-24-20-29(21-25-31)17-16-28-18-22-30(23-19-28)32(3)27(2)33/h16-25,27,33H,4-15,26H2,1-3H3. The van der Waals surface area contributed by atoms with Crippen molar-refractivity contribution in [2.75, 3.05) is 17.7 Å². The van der Waals surface area contributed by atoms with E-state index in [0.717, 1.165) is 36.1 Å². The summed E-state index contributed by atoms with van der Waals surface area (Å²) >= 11 is 0. The van der Waals surface area contributed by atoms with Gasteiger partial charge in [-0.15, -0.1) is 0 Å². The van der Waals surface area contributed by atoms with Crippen LogP contribution in [0.1, 0.15) is 102 Å². The van der Waals surface area contributed by atoms with Crippen LogP contribution in [0.3, 0.4) is 0 Å². The molecule has 2 aromatic rings. The van der Waals surface area contributed by atoms with Crippen molar-refractivity contribution < 1.29 is 13.5 Å². The number of aliphatic hydroxyl groups excluding tert-OH is 1. The lowest BCUT2D eigenvalue weighted by molar-refractivity contribution is 0.195. The van der Waals surface area contributed by atoms with Gasteiger partial charge >= 0.3 is 0 Å². The third-order valence-corrected chi connectivity index (χ3v) is 8.65.